The van der Waals surface area contributed by atoms with Gasteiger partial charge in [-0.15, -0.1) is 0 Å². The Morgan fingerprint density at radius 3 is 2.50 bits per heavy atom. The number of rotatable bonds is 6. The van der Waals surface area contributed by atoms with E-state index in [1.807, 2.05) is 32.2 Å². The summed E-state index contributed by atoms with van der Waals surface area (Å²) in [5.74, 6) is 0.610. The summed E-state index contributed by atoms with van der Waals surface area (Å²) < 4.78 is 0. The summed E-state index contributed by atoms with van der Waals surface area (Å²) in [5, 5.41) is 3.25. The van der Waals surface area contributed by atoms with E-state index in [1.54, 1.807) is 17.3 Å². The van der Waals surface area contributed by atoms with Gasteiger partial charge in [-0.1, -0.05) is 30.3 Å². The van der Waals surface area contributed by atoms with Crippen molar-refractivity contribution in [2.75, 3.05) is 7.05 Å². The predicted octanol–water partition coefficient (Wildman–Crippen LogP) is 3.81. The fourth-order valence-corrected chi connectivity index (χ4v) is 3.00. The van der Waals surface area contributed by atoms with Gasteiger partial charge >= 0.3 is 6.03 Å². The van der Waals surface area contributed by atoms with Crippen molar-refractivity contribution in [2.24, 2.45) is 5.92 Å². The van der Waals surface area contributed by atoms with Crippen LogP contribution in [0.2, 0.25) is 0 Å². The zero-order valence-corrected chi connectivity index (χ0v) is 14.4. The third-order valence-electron chi connectivity index (χ3n) is 4.89. The average molecular weight is 323 g/mol. The van der Waals surface area contributed by atoms with Crippen LogP contribution in [0.25, 0.3) is 0 Å². The van der Waals surface area contributed by atoms with Crippen LogP contribution in [0.3, 0.4) is 0 Å². The number of nitrogens with zero attached hydrogens (tertiary/aromatic N) is 2. The van der Waals surface area contributed by atoms with E-state index < -0.39 is 0 Å². The summed E-state index contributed by atoms with van der Waals surface area (Å²) in [5.41, 5.74) is 2.37. The molecule has 1 aliphatic rings. The van der Waals surface area contributed by atoms with Gasteiger partial charge in [0.1, 0.15) is 0 Å². The van der Waals surface area contributed by atoms with Gasteiger partial charge in [-0.05, 0) is 55.4 Å². The summed E-state index contributed by atoms with van der Waals surface area (Å²) in [6.07, 6.45) is 6.84. The second kappa shape index (κ2) is 7.47. The first-order chi connectivity index (χ1) is 11.6. The maximum absolute atomic E-state index is 12.7. The van der Waals surface area contributed by atoms with Crippen LogP contribution >= 0.6 is 0 Å². The molecule has 0 spiro atoms. The Bertz CT molecular complexity index is 655. The number of pyridine rings is 1. The molecule has 1 saturated carbocycles. The van der Waals surface area contributed by atoms with Crippen LogP contribution in [0.1, 0.15) is 36.9 Å². The number of carbonyl (C=O) groups is 1. The molecule has 4 nitrogen and oxygen atoms in total. The van der Waals surface area contributed by atoms with E-state index in [-0.39, 0.29) is 18.1 Å². The molecule has 1 N–H and O–H groups in total. The molecule has 1 aromatic heterocycles. The van der Waals surface area contributed by atoms with Crippen LogP contribution in [0, 0.1) is 5.92 Å². The smallest absolute Gasteiger partial charge is 0.317 e. The minimum atomic E-state index is -0.00727. The van der Waals surface area contributed by atoms with E-state index in [2.05, 4.69) is 34.6 Å². The number of carbonyl (C=O) groups excluding carboxylic acids is 1. The first kappa shape index (κ1) is 16.5. The Morgan fingerprint density at radius 1 is 1.21 bits per heavy atom. The molecule has 2 unspecified atom stereocenters. The van der Waals surface area contributed by atoms with Crippen molar-refractivity contribution in [3.05, 3.63) is 66.0 Å². The standard InChI is InChI=1S/C20H25N3O/c1-15(17-10-12-21-13-11-17)23(2)20(24)22-19(18-8-9-18)14-16-6-4-3-5-7-16/h3-7,10-13,15,18-19H,8-9,14H2,1-2H3,(H,22,24). The lowest BCUT2D eigenvalue weighted by atomic mass is 10.0. The number of hydrogen-bond donors (Lipinski definition) is 1. The fourth-order valence-electron chi connectivity index (χ4n) is 3.00. The lowest BCUT2D eigenvalue weighted by molar-refractivity contribution is 0.188. The molecule has 126 valence electrons. The molecule has 0 saturated heterocycles. The van der Waals surface area contributed by atoms with Gasteiger partial charge in [-0.25, -0.2) is 4.79 Å². The van der Waals surface area contributed by atoms with Crippen molar-refractivity contribution in [1.82, 2.24) is 15.2 Å². The van der Waals surface area contributed by atoms with Gasteiger partial charge in [-0.2, -0.15) is 0 Å². The minimum absolute atomic E-state index is 0.00727. The van der Waals surface area contributed by atoms with Gasteiger partial charge in [0.25, 0.3) is 0 Å². The van der Waals surface area contributed by atoms with Gasteiger partial charge in [0.2, 0.25) is 0 Å². The SMILES string of the molecule is CC(c1ccncc1)N(C)C(=O)NC(Cc1ccccc1)C1CC1. The van der Waals surface area contributed by atoms with E-state index in [1.165, 1.54) is 18.4 Å². The van der Waals surface area contributed by atoms with Crippen LogP contribution < -0.4 is 5.32 Å². The number of amides is 2. The van der Waals surface area contributed by atoms with Gasteiger partial charge in [0, 0.05) is 25.5 Å². The lowest BCUT2D eigenvalue weighted by Gasteiger charge is -2.28. The Hall–Kier alpha value is -2.36. The molecule has 1 aromatic carbocycles. The number of hydrogen-bond acceptors (Lipinski definition) is 2. The summed E-state index contributed by atoms with van der Waals surface area (Å²) in [6, 6.07) is 14.5. The largest absolute Gasteiger partial charge is 0.335 e. The fraction of sp³-hybridized carbons (Fsp3) is 0.400. The monoisotopic (exact) mass is 323 g/mol. The third-order valence-corrected chi connectivity index (χ3v) is 4.89. The highest BCUT2D eigenvalue weighted by Crippen LogP contribution is 2.34. The van der Waals surface area contributed by atoms with Crippen LogP contribution in [0.4, 0.5) is 4.79 Å². The van der Waals surface area contributed by atoms with Crippen molar-refractivity contribution in [3.63, 3.8) is 0 Å². The quantitative estimate of drug-likeness (QED) is 0.878. The molecule has 4 heteroatoms. The molecule has 0 radical (unpaired) electrons. The number of benzene rings is 1. The van der Waals surface area contributed by atoms with Crippen LogP contribution in [-0.2, 0) is 6.42 Å². The number of aromatic nitrogens is 1. The Labute approximate surface area is 143 Å². The molecule has 2 amide bonds. The molecular formula is C20H25N3O. The van der Waals surface area contributed by atoms with Crippen molar-refractivity contribution >= 4 is 6.03 Å². The molecule has 3 rings (SSSR count). The van der Waals surface area contributed by atoms with Crippen LogP contribution in [0.15, 0.2) is 54.9 Å². The van der Waals surface area contributed by atoms with Crippen LogP contribution in [-0.4, -0.2) is 29.0 Å². The highest BCUT2D eigenvalue weighted by Gasteiger charge is 2.33. The molecule has 24 heavy (non-hydrogen) atoms. The first-order valence-electron chi connectivity index (χ1n) is 8.62. The predicted molar refractivity (Wildman–Crippen MR) is 95.6 cm³/mol. The second-order valence-corrected chi connectivity index (χ2v) is 6.65. The molecule has 0 bridgehead atoms. The third kappa shape index (κ3) is 4.13. The Balaban J connectivity index is 1.63. The summed E-state index contributed by atoms with van der Waals surface area (Å²) in [7, 11) is 1.85. The molecule has 1 fully saturated rings. The zero-order valence-electron chi connectivity index (χ0n) is 14.4. The maximum Gasteiger partial charge on any atom is 0.317 e. The second-order valence-electron chi connectivity index (χ2n) is 6.65. The lowest BCUT2D eigenvalue weighted by Crippen LogP contribution is -2.45. The van der Waals surface area contributed by atoms with Gasteiger partial charge in [0.15, 0.2) is 0 Å². The molecule has 1 aliphatic carbocycles. The van der Waals surface area contributed by atoms with E-state index in [0.29, 0.717) is 5.92 Å². The molecular weight excluding hydrogens is 298 g/mol. The van der Waals surface area contributed by atoms with E-state index in [0.717, 1.165) is 12.0 Å². The highest BCUT2D eigenvalue weighted by molar-refractivity contribution is 5.75. The topological polar surface area (TPSA) is 45.2 Å². The van der Waals surface area contributed by atoms with Gasteiger partial charge < -0.3 is 10.2 Å². The zero-order chi connectivity index (χ0) is 16.9. The minimum Gasteiger partial charge on any atom is -0.335 e. The van der Waals surface area contributed by atoms with Crippen molar-refractivity contribution in [1.29, 1.82) is 0 Å². The molecule has 2 atom stereocenters. The van der Waals surface area contributed by atoms with Gasteiger partial charge in [0.05, 0.1) is 6.04 Å². The van der Waals surface area contributed by atoms with Gasteiger partial charge in [-0.3, -0.25) is 4.98 Å². The highest BCUT2D eigenvalue weighted by atomic mass is 16.2. The van der Waals surface area contributed by atoms with Crippen molar-refractivity contribution in [3.8, 4) is 0 Å². The molecule has 1 heterocycles. The Morgan fingerprint density at radius 2 is 1.88 bits per heavy atom. The van der Waals surface area contributed by atoms with E-state index >= 15 is 0 Å². The van der Waals surface area contributed by atoms with E-state index in [9.17, 15) is 4.79 Å². The molecule has 2 aromatic rings. The average Bonchev–Trinajstić information content (AvgIpc) is 3.46. The van der Waals surface area contributed by atoms with E-state index in [4.69, 9.17) is 0 Å². The van der Waals surface area contributed by atoms with Crippen molar-refractivity contribution in [2.45, 2.75) is 38.3 Å². The summed E-state index contributed by atoms with van der Waals surface area (Å²) in [6.45, 7) is 2.04. The summed E-state index contributed by atoms with van der Waals surface area (Å²) in [4.78, 5) is 18.5. The molecule has 0 aliphatic heterocycles. The number of urea groups is 1. The normalized spacial score (nSPS) is 16.2. The maximum atomic E-state index is 12.7. The first-order valence-corrected chi connectivity index (χ1v) is 8.62. The van der Waals surface area contributed by atoms with Crippen molar-refractivity contribution < 1.29 is 4.79 Å². The number of nitrogens with one attached hydrogen (secondary N) is 1. The Kier molecular flexibility index (Phi) is 5.14. The van der Waals surface area contributed by atoms with Crippen LogP contribution in [0.5, 0.6) is 0 Å². The summed E-state index contributed by atoms with van der Waals surface area (Å²) >= 11 is 0.